The van der Waals surface area contributed by atoms with E-state index < -0.39 is 5.72 Å². The van der Waals surface area contributed by atoms with Crippen molar-refractivity contribution in [2.24, 2.45) is 0 Å². The van der Waals surface area contributed by atoms with Crippen LogP contribution in [0.5, 0.6) is 11.5 Å². The second-order valence-electron chi connectivity index (χ2n) is 6.32. The second kappa shape index (κ2) is 5.81. The molecular formula is C18H16BrClN2O3. The number of carbonyl (C=O) groups excluding carboxylic acids is 1. The number of fused-ring (bicyclic) bond motifs is 4. The zero-order valence-corrected chi connectivity index (χ0v) is 16.0. The van der Waals surface area contributed by atoms with Gasteiger partial charge in [-0.05, 0) is 37.3 Å². The third-order valence-corrected chi connectivity index (χ3v) is 5.28. The van der Waals surface area contributed by atoms with Crippen molar-refractivity contribution in [2.45, 2.75) is 25.1 Å². The summed E-state index contributed by atoms with van der Waals surface area (Å²) in [6.45, 7) is 1.91. The molecule has 2 aromatic carbocycles. The number of urea groups is 1. The Morgan fingerprint density at radius 2 is 2.20 bits per heavy atom. The monoisotopic (exact) mass is 422 g/mol. The Morgan fingerprint density at radius 3 is 2.92 bits per heavy atom. The Labute approximate surface area is 159 Å². The average molecular weight is 424 g/mol. The van der Waals surface area contributed by atoms with E-state index in [-0.39, 0.29) is 12.1 Å². The number of benzene rings is 2. The van der Waals surface area contributed by atoms with E-state index in [0.717, 1.165) is 10.0 Å². The molecule has 2 bridgehead atoms. The van der Waals surface area contributed by atoms with E-state index in [1.807, 2.05) is 31.2 Å². The molecule has 2 atom stereocenters. The topological polar surface area (TPSA) is 50.8 Å². The highest BCUT2D eigenvalue weighted by Crippen LogP contribution is 2.50. The maximum Gasteiger partial charge on any atom is 0.325 e. The summed E-state index contributed by atoms with van der Waals surface area (Å²) < 4.78 is 12.7. The molecule has 0 unspecified atom stereocenters. The van der Waals surface area contributed by atoms with Gasteiger partial charge >= 0.3 is 6.03 Å². The highest BCUT2D eigenvalue weighted by atomic mass is 79.9. The number of hydrogen-bond acceptors (Lipinski definition) is 3. The van der Waals surface area contributed by atoms with Crippen LogP contribution in [0.2, 0.25) is 5.02 Å². The lowest BCUT2D eigenvalue weighted by molar-refractivity contribution is 0.0349. The van der Waals surface area contributed by atoms with E-state index in [0.29, 0.717) is 28.6 Å². The molecule has 25 heavy (non-hydrogen) atoms. The van der Waals surface area contributed by atoms with Gasteiger partial charge in [0.05, 0.1) is 18.8 Å². The number of carbonyl (C=O) groups is 1. The summed E-state index contributed by atoms with van der Waals surface area (Å²) in [6, 6.07) is 10.6. The van der Waals surface area contributed by atoms with Crippen molar-refractivity contribution >= 4 is 39.2 Å². The fraction of sp³-hybridized carbons (Fsp3) is 0.278. The maximum atomic E-state index is 12.8. The van der Waals surface area contributed by atoms with Crippen molar-refractivity contribution in [1.29, 1.82) is 0 Å². The molecule has 1 N–H and O–H groups in total. The lowest BCUT2D eigenvalue weighted by atomic mass is 9.90. The number of anilines is 1. The summed E-state index contributed by atoms with van der Waals surface area (Å²) in [5.41, 5.74) is 0.750. The minimum Gasteiger partial charge on any atom is -0.493 e. The standard InChI is InChI=1S/C18H16BrClN2O3/c1-18-9-14(13-6-10(19)7-15(24-2)16(13)25-18)21-17(23)22(18)12-5-3-4-11(20)8-12/h3-8,14H,9H2,1-2H3,(H,21,23)/t14-,18+/m0/s1. The lowest BCUT2D eigenvalue weighted by Gasteiger charge is -2.50. The molecule has 2 aliphatic heterocycles. The van der Waals surface area contributed by atoms with Gasteiger partial charge in [-0.1, -0.05) is 33.6 Å². The number of nitrogens with one attached hydrogen (secondary N) is 1. The number of hydrogen-bond donors (Lipinski definition) is 1. The van der Waals surface area contributed by atoms with E-state index in [9.17, 15) is 4.79 Å². The van der Waals surface area contributed by atoms with Crippen LogP contribution in [-0.2, 0) is 0 Å². The number of halogens is 2. The molecule has 0 radical (unpaired) electrons. The van der Waals surface area contributed by atoms with Gasteiger partial charge in [-0.15, -0.1) is 0 Å². The van der Waals surface area contributed by atoms with Crippen molar-refractivity contribution in [1.82, 2.24) is 5.32 Å². The zero-order valence-electron chi connectivity index (χ0n) is 13.7. The summed E-state index contributed by atoms with van der Waals surface area (Å²) in [4.78, 5) is 14.4. The molecule has 7 heteroatoms. The van der Waals surface area contributed by atoms with Crippen LogP contribution in [0.15, 0.2) is 40.9 Å². The summed E-state index contributed by atoms with van der Waals surface area (Å²) in [6.07, 6.45) is 0.609. The first-order chi connectivity index (χ1) is 11.9. The van der Waals surface area contributed by atoms with Crippen molar-refractivity contribution in [3.8, 4) is 11.5 Å². The highest BCUT2D eigenvalue weighted by molar-refractivity contribution is 9.10. The van der Waals surface area contributed by atoms with Crippen LogP contribution in [-0.4, -0.2) is 18.9 Å². The molecule has 5 nitrogen and oxygen atoms in total. The fourth-order valence-corrected chi connectivity index (χ4v) is 4.20. The van der Waals surface area contributed by atoms with Crippen molar-refractivity contribution < 1.29 is 14.3 Å². The van der Waals surface area contributed by atoms with Crippen LogP contribution in [0.4, 0.5) is 10.5 Å². The van der Waals surface area contributed by atoms with Crippen LogP contribution in [0.1, 0.15) is 24.9 Å². The Hall–Kier alpha value is -1.92. The van der Waals surface area contributed by atoms with Crippen LogP contribution >= 0.6 is 27.5 Å². The van der Waals surface area contributed by atoms with Gasteiger partial charge in [0.15, 0.2) is 17.2 Å². The second-order valence-corrected chi connectivity index (χ2v) is 7.68. The number of ether oxygens (including phenoxy) is 2. The molecule has 2 heterocycles. The van der Waals surface area contributed by atoms with Crippen molar-refractivity contribution in [2.75, 3.05) is 12.0 Å². The molecule has 130 valence electrons. The molecule has 2 aliphatic rings. The summed E-state index contributed by atoms with van der Waals surface area (Å²) in [7, 11) is 1.60. The third kappa shape index (κ3) is 2.64. The fourth-order valence-electron chi connectivity index (χ4n) is 3.56. The summed E-state index contributed by atoms with van der Waals surface area (Å²) in [5, 5.41) is 3.63. The van der Waals surface area contributed by atoms with Crippen LogP contribution in [0.3, 0.4) is 0 Å². The van der Waals surface area contributed by atoms with Gasteiger partial charge in [0.2, 0.25) is 0 Å². The van der Waals surface area contributed by atoms with E-state index in [4.69, 9.17) is 21.1 Å². The Morgan fingerprint density at radius 1 is 1.40 bits per heavy atom. The van der Waals surface area contributed by atoms with Gasteiger partial charge in [-0.2, -0.15) is 0 Å². The molecule has 0 aromatic heterocycles. The SMILES string of the molecule is COc1cc(Br)cc2c1O[C@]1(C)C[C@@H]2NC(=O)N1c1cccc(Cl)c1. The Balaban J connectivity index is 1.84. The van der Waals surface area contributed by atoms with E-state index in [1.165, 1.54) is 0 Å². The van der Waals surface area contributed by atoms with Crippen molar-refractivity contribution in [3.63, 3.8) is 0 Å². The van der Waals surface area contributed by atoms with E-state index in [2.05, 4.69) is 21.2 Å². The van der Waals surface area contributed by atoms with Gasteiger partial charge in [-0.3, -0.25) is 4.90 Å². The molecular weight excluding hydrogens is 408 g/mol. The predicted octanol–water partition coefficient (Wildman–Crippen LogP) is 4.88. The number of methoxy groups -OCH3 is 1. The molecule has 1 fully saturated rings. The molecule has 0 saturated carbocycles. The molecule has 4 rings (SSSR count). The Bertz CT molecular complexity index is 875. The van der Waals surface area contributed by atoms with Gasteiger partial charge in [0.25, 0.3) is 0 Å². The summed E-state index contributed by atoms with van der Waals surface area (Å²) in [5.74, 6) is 1.28. The minimum absolute atomic E-state index is 0.150. The van der Waals surface area contributed by atoms with Crippen molar-refractivity contribution in [3.05, 3.63) is 51.5 Å². The van der Waals surface area contributed by atoms with E-state index in [1.54, 1.807) is 24.1 Å². The first-order valence-electron chi connectivity index (χ1n) is 7.84. The molecule has 2 amide bonds. The van der Waals surface area contributed by atoms with E-state index >= 15 is 0 Å². The lowest BCUT2D eigenvalue weighted by Crippen LogP contribution is -2.65. The predicted molar refractivity (Wildman–Crippen MR) is 99.5 cm³/mol. The molecule has 1 saturated heterocycles. The quantitative estimate of drug-likeness (QED) is 0.749. The van der Waals surface area contributed by atoms with Gasteiger partial charge in [-0.25, -0.2) is 4.79 Å². The first kappa shape index (κ1) is 16.5. The zero-order chi connectivity index (χ0) is 17.8. The smallest absolute Gasteiger partial charge is 0.325 e. The van der Waals surface area contributed by atoms with Gasteiger partial charge in [0, 0.05) is 21.5 Å². The van der Waals surface area contributed by atoms with Gasteiger partial charge < -0.3 is 14.8 Å². The highest BCUT2D eigenvalue weighted by Gasteiger charge is 2.50. The average Bonchev–Trinajstić information content (AvgIpc) is 2.54. The minimum atomic E-state index is -0.841. The normalized spacial score (nSPS) is 24.2. The molecule has 0 aliphatic carbocycles. The number of rotatable bonds is 2. The van der Waals surface area contributed by atoms with Crippen LogP contribution in [0.25, 0.3) is 0 Å². The first-order valence-corrected chi connectivity index (χ1v) is 9.01. The Kier molecular flexibility index (Phi) is 3.85. The largest absolute Gasteiger partial charge is 0.493 e. The third-order valence-electron chi connectivity index (χ3n) is 4.59. The summed E-state index contributed by atoms with van der Waals surface area (Å²) >= 11 is 9.60. The van der Waals surface area contributed by atoms with Crippen LogP contribution < -0.4 is 19.7 Å². The number of amides is 2. The maximum absolute atomic E-state index is 12.8. The van der Waals surface area contributed by atoms with Crippen LogP contribution in [0, 0.1) is 0 Å². The molecule has 2 aromatic rings. The van der Waals surface area contributed by atoms with Gasteiger partial charge in [0.1, 0.15) is 0 Å². The molecule has 0 spiro atoms. The number of nitrogens with zero attached hydrogens (tertiary/aromatic N) is 1.